The monoisotopic (exact) mass is 436 g/mol. The van der Waals surface area contributed by atoms with Crippen LogP contribution in [-0.4, -0.2) is 38.5 Å². The van der Waals surface area contributed by atoms with Crippen molar-refractivity contribution in [3.8, 4) is 5.69 Å². The largest absolute Gasteiger partial charge is 0.349 e. The highest BCUT2D eigenvalue weighted by Gasteiger charge is 2.40. The fourth-order valence-corrected chi connectivity index (χ4v) is 5.71. The maximum absolute atomic E-state index is 13.2. The van der Waals surface area contributed by atoms with Gasteiger partial charge in [0.2, 0.25) is 0 Å². The molecular formula is C28H28N4O. The van der Waals surface area contributed by atoms with Crippen molar-refractivity contribution in [3.63, 3.8) is 0 Å². The number of nitrogens with one attached hydrogen (secondary N) is 1. The smallest absolute Gasteiger partial charge is 0.251 e. The summed E-state index contributed by atoms with van der Waals surface area (Å²) in [5.74, 6) is 0.0280. The van der Waals surface area contributed by atoms with Gasteiger partial charge in [0.15, 0.2) is 0 Å². The molecule has 2 bridgehead atoms. The highest BCUT2D eigenvalue weighted by atomic mass is 16.1. The molecule has 2 aromatic carbocycles. The van der Waals surface area contributed by atoms with Crippen molar-refractivity contribution in [1.82, 2.24) is 19.8 Å². The summed E-state index contributed by atoms with van der Waals surface area (Å²) in [4.78, 5) is 20.0. The summed E-state index contributed by atoms with van der Waals surface area (Å²) < 4.78 is 2.11. The Bertz CT molecular complexity index is 1250. The van der Waals surface area contributed by atoms with Crippen LogP contribution in [0.5, 0.6) is 0 Å². The van der Waals surface area contributed by atoms with E-state index in [0.29, 0.717) is 12.1 Å². The Labute approximate surface area is 194 Å². The number of pyridine rings is 1. The maximum atomic E-state index is 13.2. The summed E-state index contributed by atoms with van der Waals surface area (Å²) >= 11 is 0. The van der Waals surface area contributed by atoms with Crippen LogP contribution in [0.15, 0.2) is 85.3 Å². The first kappa shape index (κ1) is 20.2. The lowest BCUT2D eigenvalue weighted by Gasteiger charge is -2.39. The van der Waals surface area contributed by atoms with E-state index in [-0.39, 0.29) is 11.9 Å². The predicted octanol–water partition coefficient (Wildman–Crippen LogP) is 4.95. The van der Waals surface area contributed by atoms with Crippen LogP contribution < -0.4 is 5.32 Å². The molecule has 5 heteroatoms. The molecule has 0 aliphatic carbocycles. The molecule has 1 amide bonds. The highest BCUT2D eigenvalue weighted by Crippen LogP contribution is 2.37. The lowest BCUT2D eigenvalue weighted by molar-refractivity contribution is 0.0828. The van der Waals surface area contributed by atoms with Crippen LogP contribution in [0.25, 0.3) is 16.6 Å². The minimum atomic E-state index is 0.0280. The van der Waals surface area contributed by atoms with Gasteiger partial charge < -0.3 is 9.88 Å². The van der Waals surface area contributed by atoms with Crippen molar-refractivity contribution in [2.45, 2.75) is 50.4 Å². The molecule has 5 nitrogen and oxygen atoms in total. The van der Waals surface area contributed by atoms with Gasteiger partial charge in [-0.25, -0.2) is 0 Å². The van der Waals surface area contributed by atoms with E-state index in [1.54, 1.807) is 12.4 Å². The third-order valence-corrected chi connectivity index (χ3v) is 7.32. The van der Waals surface area contributed by atoms with Crippen molar-refractivity contribution in [3.05, 3.63) is 96.4 Å². The van der Waals surface area contributed by atoms with Crippen molar-refractivity contribution in [1.29, 1.82) is 0 Å². The van der Waals surface area contributed by atoms with Crippen molar-refractivity contribution in [2.75, 3.05) is 0 Å². The molecule has 6 rings (SSSR count). The first-order valence-corrected chi connectivity index (χ1v) is 11.9. The van der Waals surface area contributed by atoms with Gasteiger partial charge in [0.25, 0.3) is 5.91 Å². The fraction of sp³-hybridized carbons (Fsp3) is 0.286. The number of carbonyl (C=O) groups excluding carboxylic acids is 1. The second-order valence-electron chi connectivity index (χ2n) is 9.35. The summed E-state index contributed by atoms with van der Waals surface area (Å²) in [6.45, 7) is 1.01. The Morgan fingerprint density at radius 2 is 1.70 bits per heavy atom. The molecule has 2 saturated heterocycles. The average Bonchev–Trinajstić information content (AvgIpc) is 3.37. The Balaban J connectivity index is 1.16. The Morgan fingerprint density at radius 1 is 0.939 bits per heavy atom. The molecule has 4 heterocycles. The summed E-state index contributed by atoms with van der Waals surface area (Å²) in [7, 11) is 0. The molecule has 2 aromatic heterocycles. The number of piperidine rings is 1. The Morgan fingerprint density at radius 3 is 2.45 bits per heavy atom. The number of benzene rings is 2. The van der Waals surface area contributed by atoms with E-state index in [2.05, 4.69) is 56.2 Å². The number of amides is 1. The highest BCUT2D eigenvalue weighted by molar-refractivity contribution is 5.98. The normalized spacial score (nSPS) is 22.5. The van der Waals surface area contributed by atoms with Crippen molar-refractivity contribution in [2.24, 2.45) is 0 Å². The topological polar surface area (TPSA) is 50.2 Å². The van der Waals surface area contributed by atoms with Gasteiger partial charge in [-0.05, 0) is 67.0 Å². The van der Waals surface area contributed by atoms with Gasteiger partial charge >= 0.3 is 0 Å². The number of aromatic nitrogens is 2. The van der Waals surface area contributed by atoms with Crippen LogP contribution in [0.1, 0.15) is 41.6 Å². The molecule has 33 heavy (non-hydrogen) atoms. The number of carbonyl (C=O) groups is 1. The second-order valence-corrected chi connectivity index (χ2v) is 9.35. The van der Waals surface area contributed by atoms with Gasteiger partial charge in [0.05, 0.1) is 5.52 Å². The minimum Gasteiger partial charge on any atom is -0.349 e. The minimum absolute atomic E-state index is 0.0280. The Hall–Kier alpha value is -3.44. The van der Waals surface area contributed by atoms with Crippen molar-refractivity contribution >= 4 is 16.8 Å². The van der Waals surface area contributed by atoms with Gasteiger partial charge in [-0.2, -0.15) is 0 Å². The third-order valence-electron chi connectivity index (χ3n) is 7.32. The summed E-state index contributed by atoms with van der Waals surface area (Å²) in [6, 6.07) is 24.1. The zero-order valence-electron chi connectivity index (χ0n) is 18.6. The lowest BCUT2D eigenvalue weighted by Crippen LogP contribution is -2.49. The average molecular weight is 437 g/mol. The molecule has 0 saturated carbocycles. The van der Waals surface area contributed by atoms with E-state index in [9.17, 15) is 4.79 Å². The van der Waals surface area contributed by atoms with E-state index in [1.807, 2.05) is 36.5 Å². The van der Waals surface area contributed by atoms with Gasteiger partial charge in [0.1, 0.15) is 0 Å². The molecule has 2 aliphatic rings. The van der Waals surface area contributed by atoms with Gasteiger partial charge in [-0.1, -0.05) is 36.4 Å². The number of hydrogen-bond donors (Lipinski definition) is 1. The van der Waals surface area contributed by atoms with E-state index >= 15 is 0 Å². The molecule has 166 valence electrons. The van der Waals surface area contributed by atoms with Crippen LogP contribution in [-0.2, 0) is 6.54 Å². The number of rotatable bonds is 5. The van der Waals surface area contributed by atoms with E-state index in [0.717, 1.165) is 41.5 Å². The van der Waals surface area contributed by atoms with Gasteiger partial charge in [0, 0.05) is 54.5 Å². The molecule has 0 radical (unpaired) electrons. The maximum Gasteiger partial charge on any atom is 0.251 e. The first-order chi connectivity index (χ1) is 16.2. The molecule has 2 fully saturated rings. The zero-order chi connectivity index (χ0) is 22.2. The van der Waals surface area contributed by atoms with Crippen LogP contribution in [0, 0.1) is 0 Å². The summed E-state index contributed by atoms with van der Waals surface area (Å²) in [5.41, 5.74) is 4.17. The van der Waals surface area contributed by atoms with Gasteiger partial charge in [-0.15, -0.1) is 0 Å². The van der Waals surface area contributed by atoms with E-state index < -0.39 is 0 Å². The van der Waals surface area contributed by atoms with E-state index in [1.165, 1.54) is 18.4 Å². The van der Waals surface area contributed by atoms with E-state index in [4.69, 9.17) is 0 Å². The van der Waals surface area contributed by atoms with Gasteiger partial charge in [-0.3, -0.25) is 14.7 Å². The lowest BCUT2D eigenvalue weighted by atomic mass is 9.96. The molecule has 4 aromatic rings. The van der Waals surface area contributed by atoms with Crippen LogP contribution in [0.2, 0.25) is 0 Å². The molecule has 2 aliphatic heterocycles. The molecule has 1 N–H and O–H groups in total. The Kier molecular flexibility index (Phi) is 5.19. The first-order valence-electron chi connectivity index (χ1n) is 11.9. The standard InChI is InChI=1S/C28H28N4O/c33-28(22-7-6-21-12-15-31(27(21)16-22)24-10-13-29-14-11-24)30-23-17-25-8-9-26(18-23)32(25)19-20-4-2-1-3-5-20/h1-7,10-16,23,25-26H,8-9,17-19H2,(H,30,33)/t23?,25-,26+. The molecule has 3 atom stereocenters. The fourth-order valence-electron chi connectivity index (χ4n) is 5.71. The molecule has 0 spiro atoms. The summed E-state index contributed by atoms with van der Waals surface area (Å²) in [5, 5.41) is 4.47. The van der Waals surface area contributed by atoms with Crippen molar-refractivity contribution < 1.29 is 4.79 Å². The van der Waals surface area contributed by atoms with Crippen LogP contribution >= 0.6 is 0 Å². The number of nitrogens with zero attached hydrogens (tertiary/aromatic N) is 3. The molecule has 1 unspecified atom stereocenters. The number of fused-ring (bicyclic) bond motifs is 3. The van der Waals surface area contributed by atoms with Crippen LogP contribution in [0.3, 0.4) is 0 Å². The predicted molar refractivity (Wildman–Crippen MR) is 130 cm³/mol. The SMILES string of the molecule is O=C(NC1C[C@H]2CC[C@@H](C1)N2Cc1ccccc1)c1ccc2ccn(-c3ccncc3)c2c1. The molecular weight excluding hydrogens is 408 g/mol. The third kappa shape index (κ3) is 3.93. The van der Waals surface area contributed by atoms with Crippen LogP contribution in [0.4, 0.5) is 0 Å². The zero-order valence-corrected chi connectivity index (χ0v) is 18.6. The quantitative estimate of drug-likeness (QED) is 0.482. The second kappa shape index (κ2) is 8.49. The number of hydrogen-bond acceptors (Lipinski definition) is 3. The summed E-state index contributed by atoms with van der Waals surface area (Å²) in [6.07, 6.45) is 10.1.